The van der Waals surface area contributed by atoms with Crippen LogP contribution in [-0.4, -0.2) is 24.5 Å². The van der Waals surface area contributed by atoms with Crippen molar-refractivity contribution in [1.82, 2.24) is 24.5 Å². The molecule has 0 saturated carbocycles. The van der Waals surface area contributed by atoms with Gasteiger partial charge >= 0.3 is 0 Å². The van der Waals surface area contributed by atoms with E-state index in [1.54, 1.807) is 6.20 Å². The van der Waals surface area contributed by atoms with Crippen molar-refractivity contribution in [2.24, 2.45) is 0 Å². The summed E-state index contributed by atoms with van der Waals surface area (Å²) in [6.07, 6.45) is 1.79. The van der Waals surface area contributed by atoms with Gasteiger partial charge in [-0.1, -0.05) is 97.1 Å². The van der Waals surface area contributed by atoms with Crippen LogP contribution in [0.15, 0.2) is 146 Å². The van der Waals surface area contributed by atoms with Gasteiger partial charge in [-0.2, -0.15) is 5.26 Å². The smallest absolute Gasteiger partial charge is 0.166 e. The minimum absolute atomic E-state index is 0.540. The van der Waals surface area contributed by atoms with Crippen LogP contribution in [0.1, 0.15) is 5.56 Å². The van der Waals surface area contributed by atoms with Crippen LogP contribution in [0.3, 0.4) is 0 Å². The summed E-state index contributed by atoms with van der Waals surface area (Å²) in [6, 6.07) is 48.6. The third kappa shape index (κ3) is 4.69. The van der Waals surface area contributed by atoms with Crippen LogP contribution >= 0.6 is 0 Å². The van der Waals surface area contributed by atoms with Gasteiger partial charge in [0.15, 0.2) is 17.5 Å². The minimum atomic E-state index is 0.540. The van der Waals surface area contributed by atoms with Gasteiger partial charge < -0.3 is 4.57 Å². The van der Waals surface area contributed by atoms with Crippen LogP contribution in [-0.2, 0) is 0 Å². The van der Waals surface area contributed by atoms with Crippen LogP contribution in [0.25, 0.3) is 72.9 Å². The molecule has 6 nitrogen and oxygen atoms in total. The predicted octanol–water partition coefficient (Wildman–Crippen LogP) is 8.90. The lowest BCUT2D eigenvalue weighted by atomic mass is 10.0. The molecule has 0 fully saturated rings. The van der Waals surface area contributed by atoms with Gasteiger partial charge in [-0.25, -0.2) is 15.0 Å². The molecule has 0 N–H and O–H groups in total. The zero-order chi connectivity index (χ0) is 30.2. The van der Waals surface area contributed by atoms with Crippen molar-refractivity contribution in [3.63, 3.8) is 0 Å². The first-order valence-corrected chi connectivity index (χ1v) is 14.6. The zero-order valence-electron chi connectivity index (χ0n) is 24.0. The third-order valence-electron chi connectivity index (χ3n) is 7.94. The van der Waals surface area contributed by atoms with Crippen molar-refractivity contribution in [3.8, 4) is 57.2 Å². The maximum absolute atomic E-state index is 9.81. The number of hydrogen-bond acceptors (Lipinski definition) is 5. The highest BCUT2D eigenvalue weighted by atomic mass is 15.1. The Balaban J connectivity index is 1.47. The van der Waals surface area contributed by atoms with Gasteiger partial charge in [0.1, 0.15) is 0 Å². The molecule has 8 aromatic rings. The van der Waals surface area contributed by atoms with Crippen LogP contribution in [0.4, 0.5) is 0 Å². The Morgan fingerprint density at radius 2 is 1.16 bits per heavy atom. The number of fused-ring (bicyclic) bond motifs is 3. The Bertz CT molecular complexity index is 2320. The molecule has 0 atom stereocenters. The van der Waals surface area contributed by atoms with Gasteiger partial charge in [-0.05, 0) is 42.5 Å². The first-order valence-electron chi connectivity index (χ1n) is 14.6. The minimum Gasteiger partial charge on any atom is -0.308 e. The molecule has 3 aromatic heterocycles. The first kappa shape index (κ1) is 26.2. The van der Waals surface area contributed by atoms with Crippen molar-refractivity contribution in [2.45, 2.75) is 0 Å². The zero-order valence-corrected chi connectivity index (χ0v) is 24.0. The lowest BCUT2D eigenvalue weighted by Crippen LogP contribution is -2.04. The molecule has 0 saturated heterocycles. The normalized spacial score (nSPS) is 11.1. The average molecular weight is 577 g/mol. The Labute approximate surface area is 259 Å². The van der Waals surface area contributed by atoms with Crippen LogP contribution in [0.2, 0.25) is 0 Å². The van der Waals surface area contributed by atoms with Crippen molar-refractivity contribution in [2.75, 3.05) is 0 Å². The predicted molar refractivity (Wildman–Crippen MR) is 178 cm³/mol. The number of benzene rings is 5. The van der Waals surface area contributed by atoms with Crippen molar-refractivity contribution < 1.29 is 0 Å². The average Bonchev–Trinajstić information content (AvgIpc) is 3.45. The monoisotopic (exact) mass is 576 g/mol. The summed E-state index contributed by atoms with van der Waals surface area (Å²) in [6.45, 7) is 0. The molecule has 0 spiro atoms. The summed E-state index contributed by atoms with van der Waals surface area (Å²) in [4.78, 5) is 19.7. The van der Waals surface area contributed by atoms with Crippen LogP contribution in [0.5, 0.6) is 0 Å². The number of rotatable bonds is 5. The number of nitriles is 1. The maximum Gasteiger partial charge on any atom is 0.166 e. The SMILES string of the molecule is N#Cc1ccc2c3ccccc3n(-c3ccc(-c4ccccn4)cc3-c3nc(-c4ccccc4)nc(-c4ccccc4)n3)c2c1. The molecule has 8 rings (SSSR count). The molecule has 5 aromatic carbocycles. The Morgan fingerprint density at radius 3 is 1.84 bits per heavy atom. The van der Waals surface area contributed by atoms with Gasteiger partial charge in [0, 0.05) is 39.2 Å². The van der Waals surface area contributed by atoms with E-state index in [2.05, 4.69) is 46.0 Å². The van der Waals surface area contributed by atoms with E-state index in [9.17, 15) is 5.26 Å². The van der Waals surface area contributed by atoms with E-state index in [1.165, 1.54) is 0 Å². The lowest BCUT2D eigenvalue weighted by Gasteiger charge is -2.16. The summed E-state index contributed by atoms with van der Waals surface area (Å²) in [5.74, 6) is 1.71. The summed E-state index contributed by atoms with van der Waals surface area (Å²) in [5, 5.41) is 12.0. The van der Waals surface area contributed by atoms with Gasteiger partial charge in [-0.3, -0.25) is 4.98 Å². The van der Waals surface area contributed by atoms with E-state index in [4.69, 9.17) is 15.0 Å². The first-order chi connectivity index (χ1) is 22.3. The number of pyridine rings is 1. The summed E-state index contributed by atoms with van der Waals surface area (Å²) < 4.78 is 2.21. The molecule has 0 aliphatic carbocycles. The van der Waals surface area contributed by atoms with Crippen molar-refractivity contribution in [3.05, 3.63) is 151 Å². The van der Waals surface area contributed by atoms with E-state index in [-0.39, 0.29) is 0 Å². The van der Waals surface area contributed by atoms with Gasteiger partial charge in [0.25, 0.3) is 0 Å². The van der Waals surface area contributed by atoms with E-state index in [1.807, 2.05) is 109 Å². The largest absolute Gasteiger partial charge is 0.308 e. The molecule has 0 unspecified atom stereocenters. The van der Waals surface area contributed by atoms with E-state index < -0.39 is 0 Å². The number of nitrogens with zero attached hydrogens (tertiary/aromatic N) is 6. The van der Waals surface area contributed by atoms with E-state index in [0.717, 1.165) is 55.4 Å². The fraction of sp³-hybridized carbons (Fsp3) is 0. The standard InChI is InChI=1S/C39H24N6/c40-25-26-18-20-31-30-15-7-8-17-34(30)45(36(31)23-26)35-21-19-29(33-16-9-10-22-41-33)24-32(35)39-43-37(27-11-3-1-4-12-27)42-38(44-39)28-13-5-2-6-14-28/h1-24H. The van der Waals surface area contributed by atoms with Gasteiger partial charge in [0.2, 0.25) is 0 Å². The van der Waals surface area contributed by atoms with Gasteiger partial charge in [-0.15, -0.1) is 0 Å². The molecule has 45 heavy (non-hydrogen) atoms. The fourth-order valence-electron chi connectivity index (χ4n) is 5.83. The fourth-order valence-corrected chi connectivity index (χ4v) is 5.83. The molecular formula is C39H24N6. The Hall–Kier alpha value is -6.45. The number of aromatic nitrogens is 5. The van der Waals surface area contributed by atoms with Crippen LogP contribution < -0.4 is 0 Å². The second-order valence-corrected chi connectivity index (χ2v) is 10.7. The molecule has 210 valence electrons. The molecule has 0 amide bonds. The highest BCUT2D eigenvalue weighted by Crippen LogP contribution is 2.38. The van der Waals surface area contributed by atoms with Crippen molar-refractivity contribution in [1.29, 1.82) is 5.26 Å². The second-order valence-electron chi connectivity index (χ2n) is 10.7. The molecule has 6 heteroatoms. The molecule has 0 aliphatic rings. The summed E-state index contributed by atoms with van der Waals surface area (Å²) in [5.41, 5.74) is 7.84. The number of hydrogen-bond donors (Lipinski definition) is 0. The molecule has 0 aliphatic heterocycles. The summed E-state index contributed by atoms with van der Waals surface area (Å²) in [7, 11) is 0. The lowest BCUT2D eigenvalue weighted by molar-refractivity contribution is 1.06. The molecule has 3 heterocycles. The summed E-state index contributed by atoms with van der Waals surface area (Å²) >= 11 is 0. The second kappa shape index (κ2) is 11.0. The Kier molecular flexibility index (Phi) is 6.40. The quantitative estimate of drug-likeness (QED) is 0.204. The topological polar surface area (TPSA) is 80.3 Å². The van der Waals surface area contributed by atoms with E-state index in [0.29, 0.717) is 23.0 Å². The van der Waals surface area contributed by atoms with Crippen molar-refractivity contribution >= 4 is 21.8 Å². The maximum atomic E-state index is 9.81. The number of para-hydroxylation sites is 1. The highest BCUT2D eigenvalue weighted by molar-refractivity contribution is 6.10. The molecule has 0 radical (unpaired) electrons. The molecular weight excluding hydrogens is 552 g/mol. The van der Waals surface area contributed by atoms with Gasteiger partial charge in [0.05, 0.1) is 34.0 Å². The third-order valence-corrected chi connectivity index (χ3v) is 7.94. The van der Waals surface area contributed by atoms with E-state index >= 15 is 0 Å². The molecule has 0 bridgehead atoms. The highest BCUT2D eigenvalue weighted by Gasteiger charge is 2.20. The Morgan fingerprint density at radius 1 is 0.511 bits per heavy atom. The van der Waals surface area contributed by atoms with Crippen LogP contribution in [0, 0.1) is 11.3 Å².